The second-order valence-corrected chi connectivity index (χ2v) is 14.8. The minimum Gasteiger partial charge on any atom is -0.458 e. The van der Waals surface area contributed by atoms with Crippen LogP contribution in [-0.2, 0) is 4.74 Å². The van der Waals surface area contributed by atoms with E-state index in [0.717, 1.165) is 36.0 Å². The van der Waals surface area contributed by atoms with Crippen molar-refractivity contribution in [2.45, 2.75) is 92.6 Å². The second-order valence-electron chi connectivity index (χ2n) is 14.8. The molecule has 0 aliphatic heterocycles. The molecule has 0 radical (unpaired) electrons. The van der Waals surface area contributed by atoms with Crippen molar-refractivity contribution in [1.82, 2.24) is 0 Å². The standard InChI is InChI=1S/C39H50O2/c1-25(2)26(3)11-12-27(4)34-17-18-35-33-16-15-31-24-32(19-21-38(31,5)36(33)20-22-39(34,35)6)41-37(40)30-14-13-28-9-7-8-10-29(28)23-30/h7-16,23,25-27,32,34-36H,17-22,24H2,1-6H3/b12-11+/t26-,27+,32-,34+,35-,36-,38-,39+/m0/s1. The lowest BCUT2D eigenvalue weighted by Crippen LogP contribution is -2.46. The van der Waals surface area contributed by atoms with E-state index in [4.69, 9.17) is 4.74 Å². The van der Waals surface area contributed by atoms with E-state index in [0.29, 0.717) is 40.6 Å². The van der Waals surface area contributed by atoms with Crippen molar-refractivity contribution in [1.29, 1.82) is 0 Å². The number of hydrogen-bond donors (Lipinski definition) is 0. The number of carbonyl (C=O) groups excluding carboxylic acids is 1. The first-order valence-electron chi connectivity index (χ1n) is 16.4. The normalized spacial score (nSPS) is 34.4. The molecule has 0 heterocycles. The zero-order valence-electron chi connectivity index (χ0n) is 26.2. The van der Waals surface area contributed by atoms with Gasteiger partial charge in [0.15, 0.2) is 0 Å². The molecule has 0 bridgehead atoms. The summed E-state index contributed by atoms with van der Waals surface area (Å²) in [5.41, 5.74) is 4.51. The number of esters is 1. The molecule has 2 heteroatoms. The van der Waals surface area contributed by atoms with Crippen LogP contribution in [0.25, 0.3) is 10.8 Å². The number of ether oxygens (including phenoxy) is 1. The maximum absolute atomic E-state index is 13.1. The highest BCUT2D eigenvalue weighted by Gasteiger charge is 2.57. The van der Waals surface area contributed by atoms with Crippen LogP contribution in [0.1, 0.15) is 96.8 Å². The molecule has 4 aliphatic carbocycles. The third kappa shape index (κ3) is 5.04. The first-order chi connectivity index (χ1) is 19.6. The first kappa shape index (κ1) is 28.5. The molecule has 218 valence electrons. The van der Waals surface area contributed by atoms with Crippen LogP contribution in [0.2, 0.25) is 0 Å². The second kappa shape index (κ2) is 10.9. The molecular formula is C39H50O2. The Morgan fingerprint density at radius 1 is 0.878 bits per heavy atom. The number of fused-ring (bicyclic) bond motifs is 6. The Balaban J connectivity index is 1.16. The fourth-order valence-corrected chi connectivity index (χ4v) is 9.22. The minimum atomic E-state index is -0.187. The smallest absolute Gasteiger partial charge is 0.338 e. The van der Waals surface area contributed by atoms with Gasteiger partial charge in [-0.05, 0) is 108 Å². The SMILES string of the molecule is CC(C)[C@@H](C)/C=C/[C@@H](C)[C@H]1CC[C@H]2C3=CC=C4C[C@@H](OC(=O)c5ccc6ccccc6c5)CC[C@]4(C)[C@H]3CC[C@]12C. The van der Waals surface area contributed by atoms with Crippen LogP contribution < -0.4 is 0 Å². The predicted molar refractivity (Wildman–Crippen MR) is 171 cm³/mol. The highest BCUT2D eigenvalue weighted by Crippen LogP contribution is 2.66. The molecule has 2 aromatic rings. The Morgan fingerprint density at radius 3 is 2.44 bits per heavy atom. The number of benzene rings is 2. The number of rotatable bonds is 6. The highest BCUT2D eigenvalue weighted by molar-refractivity contribution is 5.95. The maximum atomic E-state index is 13.1. The third-order valence-corrected chi connectivity index (χ3v) is 12.3. The van der Waals surface area contributed by atoms with Gasteiger partial charge in [0.25, 0.3) is 0 Å². The number of hydrogen-bond acceptors (Lipinski definition) is 2. The van der Waals surface area contributed by atoms with Crippen LogP contribution in [0.5, 0.6) is 0 Å². The van der Waals surface area contributed by atoms with Gasteiger partial charge in [0.2, 0.25) is 0 Å². The quantitative estimate of drug-likeness (QED) is 0.264. The highest BCUT2D eigenvalue weighted by atomic mass is 16.5. The summed E-state index contributed by atoms with van der Waals surface area (Å²) >= 11 is 0. The molecule has 3 fully saturated rings. The molecule has 6 rings (SSSR count). The van der Waals surface area contributed by atoms with Crippen LogP contribution in [0.3, 0.4) is 0 Å². The van der Waals surface area contributed by atoms with Crippen LogP contribution in [0.4, 0.5) is 0 Å². The molecule has 3 saturated carbocycles. The van der Waals surface area contributed by atoms with Crippen molar-refractivity contribution < 1.29 is 9.53 Å². The summed E-state index contributed by atoms with van der Waals surface area (Å²) in [6, 6.07) is 14.1. The van der Waals surface area contributed by atoms with Gasteiger partial charge in [-0.2, -0.15) is 0 Å². The summed E-state index contributed by atoms with van der Waals surface area (Å²) in [5.74, 6) is 3.92. The Kier molecular flexibility index (Phi) is 7.58. The largest absolute Gasteiger partial charge is 0.458 e. The van der Waals surface area contributed by atoms with Crippen LogP contribution >= 0.6 is 0 Å². The van der Waals surface area contributed by atoms with Crippen molar-refractivity contribution in [3.05, 3.63) is 83.5 Å². The molecule has 0 unspecified atom stereocenters. The predicted octanol–water partition coefficient (Wildman–Crippen LogP) is 10.3. The summed E-state index contributed by atoms with van der Waals surface area (Å²) in [6.07, 6.45) is 18.2. The topological polar surface area (TPSA) is 26.3 Å². The van der Waals surface area contributed by atoms with E-state index in [1.54, 1.807) is 5.57 Å². The number of carbonyl (C=O) groups is 1. The molecule has 0 N–H and O–H groups in total. The first-order valence-corrected chi connectivity index (χ1v) is 16.4. The van der Waals surface area contributed by atoms with E-state index in [1.807, 2.05) is 30.3 Å². The molecule has 2 aromatic carbocycles. The molecule has 41 heavy (non-hydrogen) atoms. The van der Waals surface area contributed by atoms with Crippen LogP contribution in [0, 0.1) is 46.3 Å². The Bertz CT molecular complexity index is 1390. The molecule has 4 aliphatic rings. The summed E-state index contributed by atoms with van der Waals surface area (Å²) in [7, 11) is 0. The molecular weight excluding hydrogens is 500 g/mol. The maximum Gasteiger partial charge on any atom is 0.338 e. The van der Waals surface area contributed by atoms with E-state index in [2.05, 4.69) is 78.0 Å². The Hall–Kier alpha value is -2.61. The van der Waals surface area contributed by atoms with E-state index in [1.165, 1.54) is 31.3 Å². The van der Waals surface area contributed by atoms with Crippen molar-refractivity contribution in [3.63, 3.8) is 0 Å². The minimum absolute atomic E-state index is 0.0335. The molecule has 8 atom stereocenters. The van der Waals surface area contributed by atoms with Crippen LogP contribution in [-0.4, -0.2) is 12.1 Å². The van der Waals surface area contributed by atoms with Crippen molar-refractivity contribution in [2.75, 3.05) is 0 Å². The van der Waals surface area contributed by atoms with Gasteiger partial charge in [0, 0.05) is 6.42 Å². The van der Waals surface area contributed by atoms with Crippen molar-refractivity contribution in [2.24, 2.45) is 46.3 Å². The average Bonchev–Trinajstić information content (AvgIpc) is 3.32. The molecule has 0 spiro atoms. The number of allylic oxidation sites excluding steroid dienone is 5. The van der Waals surface area contributed by atoms with Gasteiger partial charge in [0.1, 0.15) is 6.10 Å². The average molecular weight is 551 g/mol. The zero-order chi connectivity index (χ0) is 28.9. The van der Waals surface area contributed by atoms with E-state index >= 15 is 0 Å². The van der Waals surface area contributed by atoms with E-state index in [9.17, 15) is 4.79 Å². The molecule has 0 amide bonds. The van der Waals surface area contributed by atoms with E-state index in [-0.39, 0.29) is 17.5 Å². The van der Waals surface area contributed by atoms with E-state index < -0.39 is 0 Å². The Labute approximate surface area is 248 Å². The summed E-state index contributed by atoms with van der Waals surface area (Å²) in [5, 5.41) is 2.23. The molecule has 2 nitrogen and oxygen atoms in total. The zero-order valence-corrected chi connectivity index (χ0v) is 26.2. The third-order valence-electron chi connectivity index (χ3n) is 12.3. The van der Waals surface area contributed by atoms with Gasteiger partial charge in [-0.1, -0.05) is 107 Å². The fourth-order valence-electron chi connectivity index (χ4n) is 9.22. The monoisotopic (exact) mass is 550 g/mol. The lowest BCUT2D eigenvalue weighted by atomic mass is 9.50. The lowest BCUT2D eigenvalue weighted by Gasteiger charge is -2.55. The van der Waals surface area contributed by atoms with Crippen LogP contribution in [0.15, 0.2) is 77.9 Å². The van der Waals surface area contributed by atoms with Gasteiger partial charge in [-0.25, -0.2) is 4.79 Å². The van der Waals surface area contributed by atoms with Gasteiger partial charge in [-0.15, -0.1) is 0 Å². The van der Waals surface area contributed by atoms with Gasteiger partial charge in [0.05, 0.1) is 5.56 Å². The van der Waals surface area contributed by atoms with Gasteiger partial charge >= 0.3 is 5.97 Å². The summed E-state index contributed by atoms with van der Waals surface area (Å²) in [6.45, 7) is 14.6. The van der Waals surface area contributed by atoms with Crippen molar-refractivity contribution in [3.8, 4) is 0 Å². The van der Waals surface area contributed by atoms with Gasteiger partial charge < -0.3 is 4.74 Å². The van der Waals surface area contributed by atoms with Crippen molar-refractivity contribution >= 4 is 16.7 Å². The van der Waals surface area contributed by atoms with Gasteiger partial charge in [-0.3, -0.25) is 0 Å². The molecule has 0 saturated heterocycles. The summed E-state index contributed by atoms with van der Waals surface area (Å²) in [4.78, 5) is 13.1. The summed E-state index contributed by atoms with van der Waals surface area (Å²) < 4.78 is 6.13. The fraction of sp³-hybridized carbons (Fsp3) is 0.564. The lowest BCUT2D eigenvalue weighted by molar-refractivity contribution is 0.00693. The Morgan fingerprint density at radius 2 is 1.66 bits per heavy atom. The molecule has 0 aromatic heterocycles.